The maximum Gasteiger partial charge on any atom is 0.250 e. The molecular weight excluding hydrogens is 380 g/mol. The van der Waals surface area contributed by atoms with Crippen LogP contribution in [0.4, 0.5) is 0 Å². The molecule has 2 aromatic carbocycles. The molecular formula is C24H22N2O4. The van der Waals surface area contributed by atoms with Crippen molar-refractivity contribution in [3.63, 3.8) is 0 Å². The van der Waals surface area contributed by atoms with E-state index in [1.807, 2.05) is 66.7 Å². The molecule has 6 nitrogen and oxygen atoms in total. The van der Waals surface area contributed by atoms with Crippen LogP contribution in [-0.4, -0.2) is 24.6 Å². The summed E-state index contributed by atoms with van der Waals surface area (Å²) in [6.07, 6.45) is 3.51. The van der Waals surface area contributed by atoms with Gasteiger partial charge < -0.3 is 19.5 Å². The monoisotopic (exact) mass is 402 g/mol. The Kier molecular flexibility index (Phi) is 5.94. The zero-order chi connectivity index (χ0) is 20.8. The molecule has 0 bridgehead atoms. The predicted octanol–water partition coefficient (Wildman–Crippen LogP) is 3.76. The summed E-state index contributed by atoms with van der Waals surface area (Å²) >= 11 is 0. The van der Waals surface area contributed by atoms with Crippen molar-refractivity contribution in [3.8, 4) is 17.4 Å². The molecule has 0 aliphatic carbocycles. The summed E-state index contributed by atoms with van der Waals surface area (Å²) in [5.74, 6) is 1.74. The molecule has 2 heterocycles. The second-order valence-electron chi connectivity index (χ2n) is 6.79. The first kappa shape index (κ1) is 19.5. The van der Waals surface area contributed by atoms with Crippen LogP contribution in [0.2, 0.25) is 0 Å². The first-order valence-corrected chi connectivity index (χ1v) is 9.63. The number of hydrogen-bond donors (Lipinski definition) is 1. The lowest BCUT2D eigenvalue weighted by atomic mass is 10.1. The Balaban J connectivity index is 1.40. The fourth-order valence-electron chi connectivity index (χ4n) is 3.11. The van der Waals surface area contributed by atoms with Gasteiger partial charge in [0.2, 0.25) is 5.88 Å². The standard InChI is InChI=1S/C24H22N2O4/c1-28-21-10-9-18-12-20(16-29-22(18)13-21)23(27)26-14-19-8-5-11-25-24(19)30-15-17-6-3-2-4-7-17/h2-13H,14-16H2,1H3,(H,26,27). The van der Waals surface area contributed by atoms with E-state index in [1.165, 1.54) is 0 Å². The smallest absolute Gasteiger partial charge is 0.250 e. The van der Waals surface area contributed by atoms with E-state index >= 15 is 0 Å². The number of fused-ring (bicyclic) bond motifs is 1. The van der Waals surface area contributed by atoms with Crippen LogP contribution in [0.25, 0.3) is 6.08 Å². The largest absolute Gasteiger partial charge is 0.497 e. The molecule has 1 aliphatic heterocycles. The van der Waals surface area contributed by atoms with Gasteiger partial charge in [-0.1, -0.05) is 36.4 Å². The average molecular weight is 402 g/mol. The molecule has 0 fully saturated rings. The van der Waals surface area contributed by atoms with Gasteiger partial charge in [0.05, 0.1) is 12.7 Å². The van der Waals surface area contributed by atoms with Gasteiger partial charge in [-0.25, -0.2) is 4.98 Å². The normalized spacial score (nSPS) is 12.2. The highest BCUT2D eigenvalue weighted by atomic mass is 16.5. The Labute approximate surface area is 175 Å². The van der Waals surface area contributed by atoms with Crippen LogP contribution in [0.15, 0.2) is 72.4 Å². The zero-order valence-electron chi connectivity index (χ0n) is 16.6. The lowest BCUT2D eigenvalue weighted by Gasteiger charge is -2.18. The number of nitrogens with one attached hydrogen (secondary N) is 1. The molecule has 1 aromatic heterocycles. The number of carbonyl (C=O) groups is 1. The summed E-state index contributed by atoms with van der Waals surface area (Å²) < 4.78 is 16.8. The summed E-state index contributed by atoms with van der Waals surface area (Å²) in [5.41, 5.74) is 3.27. The average Bonchev–Trinajstić information content (AvgIpc) is 2.81. The van der Waals surface area contributed by atoms with E-state index in [0.29, 0.717) is 30.4 Å². The number of pyridine rings is 1. The molecule has 30 heavy (non-hydrogen) atoms. The number of rotatable bonds is 7. The van der Waals surface area contributed by atoms with E-state index in [4.69, 9.17) is 14.2 Å². The van der Waals surface area contributed by atoms with E-state index < -0.39 is 0 Å². The number of benzene rings is 2. The first-order chi connectivity index (χ1) is 14.7. The van der Waals surface area contributed by atoms with Crippen molar-refractivity contribution in [2.24, 2.45) is 0 Å². The Hall–Kier alpha value is -3.80. The molecule has 4 rings (SSSR count). The third-order valence-corrected chi connectivity index (χ3v) is 4.73. The Bertz CT molecular complexity index is 1060. The molecule has 0 saturated heterocycles. The predicted molar refractivity (Wildman–Crippen MR) is 113 cm³/mol. The summed E-state index contributed by atoms with van der Waals surface area (Å²) in [6.45, 7) is 0.929. The minimum absolute atomic E-state index is 0.186. The molecule has 152 valence electrons. The van der Waals surface area contributed by atoms with Crippen molar-refractivity contribution in [1.82, 2.24) is 10.3 Å². The maximum absolute atomic E-state index is 12.6. The second kappa shape index (κ2) is 9.13. The van der Waals surface area contributed by atoms with Gasteiger partial charge in [-0.05, 0) is 29.8 Å². The van der Waals surface area contributed by atoms with Crippen LogP contribution in [0.3, 0.4) is 0 Å². The van der Waals surface area contributed by atoms with E-state index in [2.05, 4.69) is 10.3 Å². The van der Waals surface area contributed by atoms with Crippen molar-refractivity contribution >= 4 is 12.0 Å². The lowest BCUT2D eigenvalue weighted by Crippen LogP contribution is -2.28. The third-order valence-electron chi connectivity index (χ3n) is 4.73. The molecule has 0 spiro atoms. The molecule has 1 N–H and O–H groups in total. The molecule has 0 radical (unpaired) electrons. The van der Waals surface area contributed by atoms with Crippen LogP contribution in [0.1, 0.15) is 16.7 Å². The summed E-state index contributed by atoms with van der Waals surface area (Å²) in [6, 6.07) is 19.1. The maximum atomic E-state index is 12.6. The molecule has 0 atom stereocenters. The van der Waals surface area contributed by atoms with Gasteiger partial charge in [0.1, 0.15) is 24.7 Å². The van der Waals surface area contributed by atoms with E-state index in [0.717, 1.165) is 22.4 Å². The van der Waals surface area contributed by atoms with Crippen molar-refractivity contribution < 1.29 is 19.0 Å². The highest BCUT2D eigenvalue weighted by molar-refractivity contribution is 5.99. The van der Waals surface area contributed by atoms with Gasteiger partial charge in [-0.15, -0.1) is 0 Å². The van der Waals surface area contributed by atoms with E-state index in [1.54, 1.807) is 13.3 Å². The summed E-state index contributed by atoms with van der Waals surface area (Å²) in [5, 5.41) is 2.93. The SMILES string of the molecule is COc1ccc2c(c1)OCC(C(=O)NCc1cccnc1OCc1ccccc1)=C2. The van der Waals surface area contributed by atoms with E-state index in [-0.39, 0.29) is 12.5 Å². The van der Waals surface area contributed by atoms with Crippen LogP contribution in [0, 0.1) is 0 Å². The summed E-state index contributed by atoms with van der Waals surface area (Å²) in [7, 11) is 1.61. The number of aromatic nitrogens is 1. The molecule has 0 saturated carbocycles. The van der Waals surface area contributed by atoms with Gasteiger partial charge in [0.15, 0.2) is 0 Å². The van der Waals surface area contributed by atoms with Crippen molar-refractivity contribution in [2.75, 3.05) is 13.7 Å². The Morgan fingerprint density at radius 2 is 2.00 bits per heavy atom. The Morgan fingerprint density at radius 3 is 2.83 bits per heavy atom. The van der Waals surface area contributed by atoms with Gasteiger partial charge in [0, 0.05) is 29.9 Å². The fourth-order valence-corrected chi connectivity index (χ4v) is 3.11. The van der Waals surface area contributed by atoms with Crippen LogP contribution >= 0.6 is 0 Å². The Morgan fingerprint density at radius 1 is 1.13 bits per heavy atom. The molecule has 3 aromatic rings. The molecule has 0 unspecified atom stereocenters. The first-order valence-electron chi connectivity index (χ1n) is 9.63. The van der Waals surface area contributed by atoms with Crippen LogP contribution in [-0.2, 0) is 17.9 Å². The molecule has 1 aliphatic rings. The minimum atomic E-state index is -0.186. The minimum Gasteiger partial charge on any atom is -0.497 e. The number of methoxy groups -OCH3 is 1. The van der Waals surface area contributed by atoms with Crippen molar-refractivity contribution in [1.29, 1.82) is 0 Å². The van der Waals surface area contributed by atoms with Gasteiger partial charge in [-0.2, -0.15) is 0 Å². The number of hydrogen-bond acceptors (Lipinski definition) is 5. The molecule has 1 amide bonds. The fraction of sp³-hybridized carbons (Fsp3) is 0.167. The third kappa shape index (κ3) is 4.60. The van der Waals surface area contributed by atoms with E-state index in [9.17, 15) is 4.79 Å². The van der Waals surface area contributed by atoms with Crippen LogP contribution in [0.5, 0.6) is 17.4 Å². The highest BCUT2D eigenvalue weighted by Crippen LogP contribution is 2.30. The highest BCUT2D eigenvalue weighted by Gasteiger charge is 2.18. The number of nitrogens with zero attached hydrogens (tertiary/aromatic N) is 1. The van der Waals surface area contributed by atoms with Gasteiger partial charge in [-0.3, -0.25) is 4.79 Å². The number of carbonyl (C=O) groups excluding carboxylic acids is 1. The quantitative estimate of drug-likeness (QED) is 0.652. The number of amides is 1. The van der Waals surface area contributed by atoms with Crippen molar-refractivity contribution in [2.45, 2.75) is 13.2 Å². The van der Waals surface area contributed by atoms with Gasteiger partial charge in [0.25, 0.3) is 5.91 Å². The van der Waals surface area contributed by atoms with Crippen molar-refractivity contribution in [3.05, 3.63) is 89.1 Å². The zero-order valence-corrected chi connectivity index (χ0v) is 16.6. The second-order valence-corrected chi connectivity index (χ2v) is 6.79. The number of ether oxygens (including phenoxy) is 3. The lowest BCUT2D eigenvalue weighted by molar-refractivity contribution is -0.117. The topological polar surface area (TPSA) is 69.7 Å². The van der Waals surface area contributed by atoms with Gasteiger partial charge >= 0.3 is 0 Å². The summed E-state index contributed by atoms with van der Waals surface area (Å²) in [4.78, 5) is 17.0. The molecule has 6 heteroatoms. The van der Waals surface area contributed by atoms with Crippen LogP contribution < -0.4 is 19.5 Å².